The molecule has 2 aromatic carbocycles. The number of nitrogens with zero attached hydrogens (tertiary/aromatic N) is 3. The number of thiazole rings is 1. The van der Waals surface area contributed by atoms with Crippen molar-refractivity contribution in [2.75, 3.05) is 36.8 Å². The number of halogens is 1. The SMILES string of the molecule is Cc1ccc(SCCCC(=O)N2CCN(c3nc4c(F)cccc4s3)CC2)cc1. The van der Waals surface area contributed by atoms with Crippen molar-refractivity contribution in [2.24, 2.45) is 0 Å². The third-order valence-corrected chi connectivity index (χ3v) is 7.27. The van der Waals surface area contributed by atoms with Gasteiger partial charge in [0.15, 0.2) is 5.13 Å². The molecule has 4 nitrogen and oxygen atoms in total. The van der Waals surface area contributed by atoms with Crippen molar-refractivity contribution in [3.05, 3.63) is 53.8 Å². The van der Waals surface area contributed by atoms with Gasteiger partial charge in [0.2, 0.25) is 5.91 Å². The van der Waals surface area contributed by atoms with Crippen molar-refractivity contribution in [3.63, 3.8) is 0 Å². The predicted molar refractivity (Wildman–Crippen MR) is 120 cm³/mol. The molecular formula is C22H24FN3OS2. The summed E-state index contributed by atoms with van der Waals surface area (Å²) in [6.45, 7) is 4.96. The molecule has 7 heteroatoms. The van der Waals surface area contributed by atoms with E-state index in [2.05, 4.69) is 41.1 Å². The number of rotatable bonds is 6. The number of thioether (sulfide) groups is 1. The first-order chi connectivity index (χ1) is 14.1. The van der Waals surface area contributed by atoms with Gasteiger partial charge in [0.05, 0.1) is 4.70 Å². The first-order valence-electron chi connectivity index (χ1n) is 9.87. The van der Waals surface area contributed by atoms with E-state index in [1.165, 1.54) is 27.9 Å². The van der Waals surface area contributed by atoms with Gasteiger partial charge in [0.1, 0.15) is 11.3 Å². The van der Waals surface area contributed by atoms with Gasteiger partial charge in [0, 0.05) is 37.5 Å². The van der Waals surface area contributed by atoms with Crippen molar-refractivity contribution >= 4 is 44.4 Å². The van der Waals surface area contributed by atoms with E-state index >= 15 is 0 Å². The lowest BCUT2D eigenvalue weighted by atomic mass is 10.2. The zero-order chi connectivity index (χ0) is 20.2. The zero-order valence-corrected chi connectivity index (χ0v) is 18.1. The fourth-order valence-electron chi connectivity index (χ4n) is 3.39. The maximum Gasteiger partial charge on any atom is 0.222 e. The Kier molecular flexibility index (Phi) is 6.35. The third kappa shape index (κ3) is 4.90. The highest BCUT2D eigenvalue weighted by Crippen LogP contribution is 2.30. The van der Waals surface area contributed by atoms with E-state index in [-0.39, 0.29) is 11.7 Å². The average molecular weight is 430 g/mol. The van der Waals surface area contributed by atoms with Crippen LogP contribution in [0.15, 0.2) is 47.4 Å². The molecule has 152 valence electrons. The molecule has 3 aromatic rings. The van der Waals surface area contributed by atoms with Gasteiger partial charge in [-0.05, 0) is 43.4 Å². The lowest BCUT2D eigenvalue weighted by Crippen LogP contribution is -2.48. The molecule has 1 saturated heterocycles. The molecule has 0 atom stereocenters. The number of fused-ring (bicyclic) bond motifs is 1. The number of hydrogen-bond acceptors (Lipinski definition) is 5. The van der Waals surface area contributed by atoms with Crippen molar-refractivity contribution in [2.45, 2.75) is 24.7 Å². The van der Waals surface area contributed by atoms with Crippen LogP contribution < -0.4 is 4.90 Å². The van der Waals surface area contributed by atoms with Gasteiger partial charge in [-0.1, -0.05) is 35.1 Å². The Morgan fingerprint density at radius 3 is 2.62 bits per heavy atom. The van der Waals surface area contributed by atoms with E-state index in [0.29, 0.717) is 25.0 Å². The molecule has 0 N–H and O–H groups in total. The van der Waals surface area contributed by atoms with Gasteiger partial charge >= 0.3 is 0 Å². The van der Waals surface area contributed by atoms with Gasteiger partial charge in [-0.25, -0.2) is 9.37 Å². The number of hydrogen-bond donors (Lipinski definition) is 0. The number of benzene rings is 2. The number of piperazine rings is 1. The maximum atomic E-state index is 13.9. The fraction of sp³-hybridized carbons (Fsp3) is 0.364. The summed E-state index contributed by atoms with van der Waals surface area (Å²) in [5.41, 5.74) is 1.71. The quantitative estimate of drug-likeness (QED) is 0.410. The van der Waals surface area contributed by atoms with Crippen molar-refractivity contribution in [1.82, 2.24) is 9.88 Å². The van der Waals surface area contributed by atoms with E-state index in [1.807, 2.05) is 11.0 Å². The molecule has 0 spiro atoms. The highest BCUT2D eigenvalue weighted by molar-refractivity contribution is 7.99. The predicted octanol–water partition coefficient (Wildman–Crippen LogP) is 4.96. The summed E-state index contributed by atoms with van der Waals surface area (Å²) in [5, 5.41) is 0.840. The Morgan fingerprint density at radius 2 is 1.90 bits per heavy atom. The standard InChI is InChI=1S/C22H24FN3OS2/c1-16-7-9-17(10-8-16)28-15-3-6-20(27)25-11-13-26(14-12-25)22-24-21-18(23)4-2-5-19(21)29-22/h2,4-5,7-10H,3,6,11-15H2,1H3. The summed E-state index contributed by atoms with van der Waals surface area (Å²) >= 11 is 3.31. The van der Waals surface area contributed by atoms with Gasteiger partial charge in [-0.2, -0.15) is 0 Å². The highest BCUT2D eigenvalue weighted by atomic mass is 32.2. The van der Waals surface area contributed by atoms with E-state index < -0.39 is 0 Å². The van der Waals surface area contributed by atoms with Crippen LogP contribution >= 0.6 is 23.1 Å². The first-order valence-corrected chi connectivity index (χ1v) is 11.7. The minimum Gasteiger partial charge on any atom is -0.345 e. The van der Waals surface area contributed by atoms with E-state index in [0.717, 1.165) is 35.1 Å². The number of aromatic nitrogens is 1. The van der Waals surface area contributed by atoms with Crippen molar-refractivity contribution in [1.29, 1.82) is 0 Å². The molecule has 1 aliphatic heterocycles. The summed E-state index contributed by atoms with van der Waals surface area (Å²) in [6, 6.07) is 13.6. The zero-order valence-electron chi connectivity index (χ0n) is 16.4. The number of anilines is 1. The number of para-hydroxylation sites is 1. The van der Waals surface area contributed by atoms with E-state index in [4.69, 9.17) is 0 Å². The molecule has 0 saturated carbocycles. The maximum absolute atomic E-state index is 13.9. The molecule has 0 radical (unpaired) electrons. The monoisotopic (exact) mass is 429 g/mol. The first kappa shape index (κ1) is 20.2. The smallest absolute Gasteiger partial charge is 0.222 e. The molecule has 2 heterocycles. The van der Waals surface area contributed by atoms with Crippen LogP contribution in [0.1, 0.15) is 18.4 Å². The molecule has 1 amide bonds. The highest BCUT2D eigenvalue weighted by Gasteiger charge is 2.23. The van der Waals surface area contributed by atoms with Crippen LogP contribution in [0.5, 0.6) is 0 Å². The van der Waals surface area contributed by atoms with Crippen LogP contribution in [-0.4, -0.2) is 47.7 Å². The van der Waals surface area contributed by atoms with Gasteiger partial charge < -0.3 is 9.80 Å². The number of carbonyl (C=O) groups excluding carboxylic acids is 1. The molecule has 1 fully saturated rings. The number of amides is 1. The second-order valence-electron chi connectivity index (χ2n) is 7.22. The average Bonchev–Trinajstić information content (AvgIpc) is 3.18. The van der Waals surface area contributed by atoms with Crippen molar-refractivity contribution < 1.29 is 9.18 Å². The van der Waals surface area contributed by atoms with Crippen LogP contribution in [0.2, 0.25) is 0 Å². The fourth-order valence-corrected chi connectivity index (χ4v) is 5.28. The molecule has 4 rings (SSSR count). The van der Waals surface area contributed by atoms with Crippen LogP contribution in [0.3, 0.4) is 0 Å². The van der Waals surface area contributed by atoms with Crippen LogP contribution in [0, 0.1) is 12.7 Å². The minimum absolute atomic E-state index is 0.226. The minimum atomic E-state index is -0.276. The summed E-state index contributed by atoms with van der Waals surface area (Å²) in [4.78, 5) is 22.3. The Morgan fingerprint density at radius 1 is 1.14 bits per heavy atom. The Labute approximate surface area is 178 Å². The van der Waals surface area contributed by atoms with Gasteiger partial charge in [-0.15, -0.1) is 11.8 Å². The normalized spacial score (nSPS) is 14.6. The Balaban J connectivity index is 1.23. The Bertz CT molecular complexity index is 981. The summed E-state index contributed by atoms with van der Waals surface area (Å²) < 4.78 is 14.7. The van der Waals surface area contributed by atoms with Gasteiger partial charge in [0.25, 0.3) is 0 Å². The second-order valence-corrected chi connectivity index (χ2v) is 9.39. The lowest BCUT2D eigenvalue weighted by Gasteiger charge is -2.34. The summed E-state index contributed by atoms with van der Waals surface area (Å²) in [7, 11) is 0. The topological polar surface area (TPSA) is 36.4 Å². The molecule has 1 aliphatic rings. The molecule has 0 aliphatic carbocycles. The van der Waals surface area contributed by atoms with Crippen molar-refractivity contribution in [3.8, 4) is 0 Å². The molecule has 29 heavy (non-hydrogen) atoms. The van der Waals surface area contributed by atoms with E-state index in [9.17, 15) is 9.18 Å². The van der Waals surface area contributed by atoms with Gasteiger partial charge in [-0.3, -0.25) is 4.79 Å². The molecular weight excluding hydrogens is 405 g/mol. The lowest BCUT2D eigenvalue weighted by molar-refractivity contribution is -0.131. The summed E-state index contributed by atoms with van der Waals surface area (Å²) in [6.07, 6.45) is 1.47. The number of aryl methyl sites for hydroxylation is 1. The van der Waals surface area contributed by atoms with Crippen LogP contribution in [0.4, 0.5) is 9.52 Å². The molecule has 0 unspecified atom stereocenters. The Hall–Kier alpha value is -2.12. The molecule has 0 bridgehead atoms. The van der Waals surface area contributed by atoms with E-state index in [1.54, 1.807) is 17.8 Å². The molecule has 1 aromatic heterocycles. The van der Waals surface area contributed by atoms with Crippen LogP contribution in [0.25, 0.3) is 10.2 Å². The van der Waals surface area contributed by atoms with Crippen LogP contribution in [-0.2, 0) is 4.79 Å². The largest absolute Gasteiger partial charge is 0.345 e. The second kappa shape index (κ2) is 9.13. The third-order valence-electron chi connectivity index (χ3n) is 5.09. The summed E-state index contributed by atoms with van der Waals surface area (Å²) in [5.74, 6) is 0.901. The number of carbonyl (C=O) groups is 1.